The molecule has 0 radical (unpaired) electrons. The van der Waals surface area contributed by atoms with Crippen molar-refractivity contribution in [3.8, 4) is 5.75 Å². The van der Waals surface area contributed by atoms with Crippen molar-refractivity contribution in [2.24, 2.45) is 10.7 Å². The second kappa shape index (κ2) is 10.4. The highest BCUT2D eigenvalue weighted by Crippen LogP contribution is 2.13. The number of nitrogens with one attached hydrogen (secondary N) is 1. The fourth-order valence-corrected chi connectivity index (χ4v) is 2.54. The van der Waals surface area contributed by atoms with Gasteiger partial charge in [-0.3, -0.25) is 0 Å². The third-order valence-electron chi connectivity index (χ3n) is 2.93. The molecule has 1 aromatic heterocycles. The summed E-state index contributed by atoms with van der Waals surface area (Å²) in [6.45, 7) is 3.09. The maximum absolute atomic E-state index is 12.8. The number of thiophene rings is 1. The standard InChI is InChI=1S/C16H20FN3OS.HI/c1-12(21-14-6-4-13(17)5-7-14)11-20-16(18)19-9-8-15-3-2-10-22-15;/h2-7,10,12H,8-9,11H2,1H3,(H3,18,19,20);1H. The smallest absolute Gasteiger partial charge is 0.188 e. The highest BCUT2D eigenvalue weighted by molar-refractivity contribution is 14.0. The molecule has 0 bridgehead atoms. The Morgan fingerprint density at radius 3 is 2.74 bits per heavy atom. The van der Waals surface area contributed by atoms with Crippen molar-refractivity contribution in [3.05, 3.63) is 52.5 Å². The zero-order valence-corrected chi connectivity index (χ0v) is 16.0. The summed E-state index contributed by atoms with van der Waals surface area (Å²) >= 11 is 1.73. The fraction of sp³-hybridized carbons (Fsp3) is 0.312. The van der Waals surface area contributed by atoms with Gasteiger partial charge in [0.25, 0.3) is 0 Å². The minimum absolute atomic E-state index is 0. The van der Waals surface area contributed by atoms with Crippen LogP contribution in [0.2, 0.25) is 0 Å². The molecule has 3 N–H and O–H groups in total. The molecule has 1 atom stereocenters. The van der Waals surface area contributed by atoms with Gasteiger partial charge in [-0.05, 0) is 49.1 Å². The molecule has 0 aliphatic heterocycles. The Morgan fingerprint density at radius 2 is 2.09 bits per heavy atom. The van der Waals surface area contributed by atoms with E-state index in [1.54, 1.807) is 23.5 Å². The molecule has 23 heavy (non-hydrogen) atoms. The van der Waals surface area contributed by atoms with Crippen molar-refractivity contribution < 1.29 is 9.13 Å². The minimum Gasteiger partial charge on any atom is -0.489 e. The molecule has 2 rings (SSSR count). The normalized spacial score (nSPS) is 12.3. The van der Waals surface area contributed by atoms with E-state index < -0.39 is 0 Å². The van der Waals surface area contributed by atoms with Gasteiger partial charge in [0.05, 0.1) is 6.54 Å². The van der Waals surface area contributed by atoms with E-state index in [0.717, 1.165) is 13.0 Å². The summed E-state index contributed by atoms with van der Waals surface area (Å²) in [6.07, 6.45) is 0.790. The lowest BCUT2D eigenvalue weighted by molar-refractivity contribution is 0.230. The molecule has 2 aromatic rings. The number of nitrogens with two attached hydrogens (primary N) is 1. The Labute approximate surface area is 157 Å². The van der Waals surface area contributed by atoms with Gasteiger partial charge in [0.1, 0.15) is 17.7 Å². The Hall–Kier alpha value is -1.35. The summed E-state index contributed by atoms with van der Waals surface area (Å²) in [5.74, 6) is 0.747. The number of guanidine groups is 1. The Balaban J connectivity index is 0.00000264. The SMILES string of the molecule is CC(CN=C(N)NCCc1cccs1)Oc1ccc(F)cc1.I. The van der Waals surface area contributed by atoms with Crippen LogP contribution in [0.25, 0.3) is 0 Å². The molecule has 0 amide bonds. The van der Waals surface area contributed by atoms with Gasteiger partial charge < -0.3 is 15.8 Å². The maximum Gasteiger partial charge on any atom is 0.188 e. The van der Waals surface area contributed by atoms with Crippen LogP contribution in [-0.4, -0.2) is 25.2 Å². The second-order valence-corrected chi connectivity index (χ2v) is 5.90. The van der Waals surface area contributed by atoms with E-state index in [1.165, 1.54) is 17.0 Å². The molecule has 7 heteroatoms. The van der Waals surface area contributed by atoms with Crippen molar-refractivity contribution in [3.63, 3.8) is 0 Å². The van der Waals surface area contributed by atoms with Gasteiger partial charge in [0.15, 0.2) is 5.96 Å². The number of halogens is 2. The fourth-order valence-electron chi connectivity index (χ4n) is 1.83. The summed E-state index contributed by atoms with van der Waals surface area (Å²) < 4.78 is 18.4. The molecule has 1 unspecified atom stereocenters. The first-order valence-electron chi connectivity index (χ1n) is 7.12. The third-order valence-corrected chi connectivity index (χ3v) is 3.86. The lowest BCUT2D eigenvalue weighted by atomic mass is 10.3. The zero-order chi connectivity index (χ0) is 15.8. The van der Waals surface area contributed by atoms with Crippen LogP contribution >= 0.6 is 35.3 Å². The van der Waals surface area contributed by atoms with E-state index in [9.17, 15) is 4.39 Å². The summed E-state index contributed by atoms with van der Waals surface area (Å²) in [5.41, 5.74) is 5.81. The maximum atomic E-state index is 12.8. The van der Waals surface area contributed by atoms with E-state index in [-0.39, 0.29) is 35.9 Å². The number of ether oxygens (including phenoxy) is 1. The average Bonchev–Trinajstić information content (AvgIpc) is 3.01. The highest BCUT2D eigenvalue weighted by Gasteiger charge is 2.04. The Morgan fingerprint density at radius 1 is 1.35 bits per heavy atom. The lowest BCUT2D eigenvalue weighted by Gasteiger charge is -2.13. The van der Waals surface area contributed by atoms with E-state index in [4.69, 9.17) is 10.5 Å². The van der Waals surface area contributed by atoms with E-state index in [2.05, 4.69) is 21.8 Å². The minimum atomic E-state index is -0.280. The van der Waals surface area contributed by atoms with Crippen LogP contribution in [0.15, 0.2) is 46.8 Å². The molecule has 0 spiro atoms. The van der Waals surface area contributed by atoms with Crippen LogP contribution in [0.1, 0.15) is 11.8 Å². The van der Waals surface area contributed by atoms with Gasteiger partial charge in [-0.25, -0.2) is 9.38 Å². The van der Waals surface area contributed by atoms with E-state index in [1.807, 2.05) is 13.0 Å². The van der Waals surface area contributed by atoms with Crippen molar-refractivity contribution in [1.29, 1.82) is 0 Å². The van der Waals surface area contributed by atoms with Crippen LogP contribution in [0.3, 0.4) is 0 Å². The third kappa shape index (κ3) is 7.65. The number of hydrogen-bond donors (Lipinski definition) is 2. The number of benzene rings is 1. The number of hydrogen-bond acceptors (Lipinski definition) is 3. The molecule has 4 nitrogen and oxygen atoms in total. The highest BCUT2D eigenvalue weighted by atomic mass is 127. The second-order valence-electron chi connectivity index (χ2n) is 4.86. The molecule has 0 aliphatic rings. The first kappa shape index (κ1) is 19.7. The van der Waals surface area contributed by atoms with Crippen LogP contribution in [0.4, 0.5) is 4.39 Å². The summed E-state index contributed by atoms with van der Waals surface area (Å²) in [5, 5.41) is 5.13. The van der Waals surface area contributed by atoms with Crippen LogP contribution in [0, 0.1) is 5.82 Å². The zero-order valence-electron chi connectivity index (χ0n) is 12.9. The molecular weight excluding hydrogens is 428 g/mol. The van der Waals surface area contributed by atoms with Gasteiger partial charge in [-0.15, -0.1) is 35.3 Å². The lowest BCUT2D eigenvalue weighted by Crippen LogP contribution is -2.34. The van der Waals surface area contributed by atoms with Crippen LogP contribution in [0.5, 0.6) is 5.75 Å². The van der Waals surface area contributed by atoms with E-state index in [0.29, 0.717) is 18.3 Å². The molecule has 0 aliphatic carbocycles. The van der Waals surface area contributed by atoms with Crippen molar-refractivity contribution >= 4 is 41.3 Å². The van der Waals surface area contributed by atoms with Gasteiger partial charge in [0.2, 0.25) is 0 Å². The monoisotopic (exact) mass is 449 g/mol. The molecule has 1 heterocycles. The molecule has 0 fully saturated rings. The van der Waals surface area contributed by atoms with Crippen molar-refractivity contribution in [2.75, 3.05) is 13.1 Å². The predicted octanol–water partition coefficient (Wildman–Crippen LogP) is 3.42. The van der Waals surface area contributed by atoms with Crippen molar-refractivity contribution in [2.45, 2.75) is 19.4 Å². The van der Waals surface area contributed by atoms with Crippen molar-refractivity contribution in [1.82, 2.24) is 5.32 Å². The first-order chi connectivity index (χ1) is 10.6. The van der Waals surface area contributed by atoms with E-state index >= 15 is 0 Å². The van der Waals surface area contributed by atoms with Gasteiger partial charge in [0, 0.05) is 11.4 Å². The van der Waals surface area contributed by atoms with Gasteiger partial charge in [-0.1, -0.05) is 6.07 Å². The summed E-state index contributed by atoms with van der Waals surface area (Å²) in [4.78, 5) is 5.56. The topological polar surface area (TPSA) is 59.6 Å². The molecule has 0 saturated heterocycles. The first-order valence-corrected chi connectivity index (χ1v) is 8.00. The Bertz CT molecular complexity index is 590. The average molecular weight is 449 g/mol. The predicted molar refractivity (Wildman–Crippen MR) is 104 cm³/mol. The molecule has 126 valence electrons. The number of nitrogens with zero attached hydrogens (tertiary/aromatic N) is 1. The van der Waals surface area contributed by atoms with Gasteiger partial charge in [-0.2, -0.15) is 0 Å². The Kier molecular flexibility index (Phi) is 8.93. The molecule has 1 aromatic carbocycles. The quantitative estimate of drug-likeness (QED) is 0.387. The van der Waals surface area contributed by atoms with Crippen LogP contribution < -0.4 is 15.8 Å². The number of rotatable bonds is 7. The number of aliphatic imine (C=N–C) groups is 1. The summed E-state index contributed by atoms with van der Waals surface area (Å²) in [7, 11) is 0. The molecular formula is C16H21FIN3OS. The molecule has 0 saturated carbocycles. The largest absolute Gasteiger partial charge is 0.489 e. The van der Waals surface area contributed by atoms with Crippen LogP contribution in [-0.2, 0) is 6.42 Å². The summed E-state index contributed by atoms with van der Waals surface area (Å²) in [6, 6.07) is 10.1. The van der Waals surface area contributed by atoms with Gasteiger partial charge >= 0.3 is 0 Å².